The number of para-hydroxylation sites is 1. The topological polar surface area (TPSA) is 59.4 Å². The maximum Gasteiger partial charge on any atom is 0.323 e. The predicted octanol–water partition coefficient (Wildman–Crippen LogP) is 2.91. The summed E-state index contributed by atoms with van der Waals surface area (Å²) in [7, 11) is 0. The van der Waals surface area contributed by atoms with E-state index < -0.39 is 0 Å². The summed E-state index contributed by atoms with van der Waals surface area (Å²) in [5.41, 5.74) is 0.958. The summed E-state index contributed by atoms with van der Waals surface area (Å²) in [4.78, 5) is 14.1. The predicted molar refractivity (Wildman–Crippen MR) is 88.8 cm³/mol. The zero-order chi connectivity index (χ0) is 16.1. The molecule has 6 nitrogen and oxygen atoms in total. The summed E-state index contributed by atoms with van der Waals surface area (Å²) in [6.07, 6.45) is 4.08. The number of carbonyl (C=O) groups is 1. The van der Waals surface area contributed by atoms with Gasteiger partial charge in [-0.15, -0.1) is 5.10 Å². The van der Waals surface area contributed by atoms with E-state index in [0.717, 1.165) is 25.1 Å². The summed E-state index contributed by atoms with van der Waals surface area (Å²) in [6, 6.07) is 11.5. The summed E-state index contributed by atoms with van der Waals surface area (Å²) in [5, 5.41) is 7.25. The molecular formula is C17H22N4O2. The van der Waals surface area contributed by atoms with Crippen molar-refractivity contribution in [2.45, 2.75) is 25.9 Å². The van der Waals surface area contributed by atoms with Crippen molar-refractivity contribution in [1.29, 1.82) is 0 Å². The second kappa shape index (κ2) is 7.28. The minimum atomic E-state index is -0.138. The molecule has 6 heteroatoms. The normalized spacial score (nSPS) is 17.2. The van der Waals surface area contributed by atoms with E-state index in [1.54, 1.807) is 15.6 Å². The van der Waals surface area contributed by atoms with Crippen molar-refractivity contribution in [3.05, 3.63) is 42.6 Å². The number of hydrogen-bond acceptors (Lipinski definition) is 3. The van der Waals surface area contributed by atoms with Gasteiger partial charge < -0.3 is 9.64 Å². The third kappa shape index (κ3) is 3.90. The van der Waals surface area contributed by atoms with E-state index in [-0.39, 0.29) is 12.1 Å². The highest BCUT2D eigenvalue weighted by molar-refractivity contribution is 5.88. The average molecular weight is 314 g/mol. The number of rotatable bonds is 5. The van der Waals surface area contributed by atoms with E-state index in [2.05, 4.69) is 10.4 Å². The first-order chi connectivity index (χ1) is 11.3. The fourth-order valence-electron chi connectivity index (χ4n) is 2.69. The van der Waals surface area contributed by atoms with Crippen molar-refractivity contribution in [2.75, 3.05) is 25.0 Å². The van der Waals surface area contributed by atoms with Gasteiger partial charge in [0, 0.05) is 32.0 Å². The van der Waals surface area contributed by atoms with Gasteiger partial charge in [0.25, 0.3) is 0 Å². The molecule has 1 aliphatic heterocycles. The van der Waals surface area contributed by atoms with Crippen LogP contribution in [0.4, 0.5) is 10.6 Å². The summed E-state index contributed by atoms with van der Waals surface area (Å²) < 4.78 is 7.35. The molecule has 1 aliphatic rings. The lowest BCUT2D eigenvalue weighted by Gasteiger charge is -2.23. The number of urea groups is 1. The van der Waals surface area contributed by atoms with Crippen LogP contribution in [0.3, 0.4) is 0 Å². The number of carbonyl (C=O) groups excluding carboxylic acids is 1. The lowest BCUT2D eigenvalue weighted by Crippen LogP contribution is -2.40. The maximum atomic E-state index is 12.4. The van der Waals surface area contributed by atoms with Gasteiger partial charge >= 0.3 is 6.03 Å². The largest absolute Gasteiger partial charge is 0.376 e. The van der Waals surface area contributed by atoms with Gasteiger partial charge in [-0.2, -0.15) is 0 Å². The molecule has 0 spiro atoms. The van der Waals surface area contributed by atoms with Gasteiger partial charge in [-0.3, -0.25) is 5.32 Å². The lowest BCUT2D eigenvalue weighted by atomic mass is 10.2. The van der Waals surface area contributed by atoms with Crippen LogP contribution in [0.1, 0.15) is 19.8 Å². The van der Waals surface area contributed by atoms with E-state index in [4.69, 9.17) is 4.74 Å². The Kier molecular flexibility index (Phi) is 4.92. The van der Waals surface area contributed by atoms with Crippen molar-refractivity contribution in [3.8, 4) is 5.69 Å². The van der Waals surface area contributed by atoms with Crippen LogP contribution in [0, 0.1) is 0 Å². The molecule has 3 rings (SSSR count). The maximum absolute atomic E-state index is 12.4. The van der Waals surface area contributed by atoms with Gasteiger partial charge in [0.2, 0.25) is 0 Å². The molecule has 0 aliphatic carbocycles. The van der Waals surface area contributed by atoms with Crippen LogP contribution in [-0.4, -0.2) is 46.5 Å². The highest BCUT2D eigenvalue weighted by Gasteiger charge is 2.21. The quantitative estimate of drug-likeness (QED) is 0.923. The number of ether oxygens (including phenoxy) is 1. The highest BCUT2D eigenvalue weighted by Crippen LogP contribution is 2.15. The molecule has 0 radical (unpaired) electrons. The molecule has 0 unspecified atom stereocenters. The molecule has 2 aromatic rings. The Morgan fingerprint density at radius 3 is 2.91 bits per heavy atom. The second-order valence-corrected chi connectivity index (χ2v) is 5.58. The van der Waals surface area contributed by atoms with Gasteiger partial charge in [-0.1, -0.05) is 18.2 Å². The van der Waals surface area contributed by atoms with Gasteiger partial charge in [0.1, 0.15) is 0 Å². The van der Waals surface area contributed by atoms with E-state index in [1.165, 1.54) is 0 Å². The number of likely N-dealkylation sites (N-methyl/N-ethyl adjacent to an activating group) is 1. The van der Waals surface area contributed by atoms with E-state index in [0.29, 0.717) is 18.9 Å². The molecule has 122 valence electrons. The second-order valence-electron chi connectivity index (χ2n) is 5.58. The first-order valence-corrected chi connectivity index (χ1v) is 8.05. The zero-order valence-electron chi connectivity index (χ0n) is 13.3. The van der Waals surface area contributed by atoms with Crippen molar-refractivity contribution >= 4 is 11.8 Å². The van der Waals surface area contributed by atoms with Crippen LogP contribution < -0.4 is 5.32 Å². The number of benzene rings is 1. The fourth-order valence-corrected chi connectivity index (χ4v) is 2.69. The molecular weight excluding hydrogens is 292 g/mol. The molecule has 1 fully saturated rings. The summed E-state index contributed by atoms with van der Waals surface area (Å²) in [6.45, 7) is 4.04. The number of aromatic nitrogens is 2. The molecule has 0 bridgehead atoms. The van der Waals surface area contributed by atoms with Crippen molar-refractivity contribution in [3.63, 3.8) is 0 Å². The molecule has 2 heterocycles. The summed E-state index contributed by atoms with van der Waals surface area (Å²) in [5.74, 6) is 0.546. The van der Waals surface area contributed by atoms with Crippen molar-refractivity contribution in [1.82, 2.24) is 14.7 Å². The molecule has 1 aromatic heterocycles. The van der Waals surface area contributed by atoms with Crippen molar-refractivity contribution in [2.24, 2.45) is 0 Å². The average Bonchev–Trinajstić information content (AvgIpc) is 3.25. The van der Waals surface area contributed by atoms with Gasteiger partial charge in [-0.05, 0) is 31.9 Å². The zero-order valence-corrected chi connectivity index (χ0v) is 13.3. The Morgan fingerprint density at radius 1 is 1.39 bits per heavy atom. The molecule has 1 N–H and O–H groups in total. The van der Waals surface area contributed by atoms with E-state index in [1.807, 2.05) is 43.5 Å². The number of amides is 2. The SMILES string of the molecule is CCN(C[C@H]1CCCO1)C(=O)Nc1ccn(-c2ccccc2)n1. The molecule has 1 aromatic carbocycles. The van der Waals surface area contributed by atoms with Crippen LogP contribution in [0.5, 0.6) is 0 Å². The van der Waals surface area contributed by atoms with Gasteiger partial charge in [0.05, 0.1) is 11.8 Å². The van der Waals surface area contributed by atoms with Crippen LogP contribution in [0.15, 0.2) is 42.6 Å². The third-order valence-electron chi connectivity index (χ3n) is 3.96. The smallest absolute Gasteiger partial charge is 0.323 e. The minimum Gasteiger partial charge on any atom is -0.376 e. The first-order valence-electron chi connectivity index (χ1n) is 8.05. The number of nitrogens with one attached hydrogen (secondary N) is 1. The van der Waals surface area contributed by atoms with Crippen LogP contribution in [-0.2, 0) is 4.74 Å². The monoisotopic (exact) mass is 314 g/mol. The van der Waals surface area contributed by atoms with Gasteiger partial charge in [0.15, 0.2) is 5.82 Å². The molecule has 0 saturated carbocycles. The van der Waals surface area contributed by atoms with Crippen molar-refractivity contribution < 1.29 is 9.53 Å². The van der Waals surface area contributed by atoms with Crippen LogP contribution in [0.25, 0.3) is 5.69 Å². The number of hydrogen-bond donors (Lipinski definition) is 1. The standard InChI is InChI=1S/C17H22N4O2/c1-2-20(13-15-9-6-12-23-15)17(22)18-16-10-11-21(19-16)14-7-4-3-5-8-14/h3-5,7-8,10-11,15H,2,6,9,12-13H2,1H3,(H,18,19,22)/t15-/m1/s1. The van der Waals surface area contributed by atoms with Crippen LogP contribution >= 0.6 is 0 Å². The Bertz CT molecular complexity index is 635. The Morgan fingerprint density at radius 2 is 2.22 bits per heavy atom. The Hall–Kier alpha value is -2.34. The van der Waals surface area contributed by atoms with E-state index >= 15 is 0 Å². The third-order valence-corrected chi connectivity index (χ3v) is 3.96. The first kappa shape index (κ1) is 15.6. The number of nitrogens with zero attached hydrogens (tertiary/aromatic N) is 3. The highest BCUT2D eigenvalue weighted by atomic mass is 16.5. The molecule has 23 heavy (non-hydrogen) atoms. The Balaban J connectivity index is 1.61. The Labute approximate surface area is 136 Å². The lowest BCUT2D eigenvalue weighted by molar-refractivity contribution is 0.0849. The minimum absolute atomic E-state index is 0.138. The van der Waals surface area contributed by atoms with E-state index in [9.17, 15) is 4.79 Å². The van der Waals surface area contributed by atoms with Crippen LogP contribution in [0.2, 0.25) is 0 Å². The molecule has 1 atom stereocenters. The molecule has 2 amide bonds. The number of anilines is 1. The summed E-state index contributed by atoms with van der Waals surface area (Å²) >= 11 is 0. The fraction of sp³-hybridized carbons (Fsp3) is 0.412. The van der Waals surface area contributed by atoms with Gasteiger partial charge in [-0.25, -0.2) is 9.48 Å². The molecule has 1 saturated heterocycles.